The Balaban J connectivity index is 1.51. The molecule has 3 amide bonds. The molecule has 2 aliphatic rings. The highest BCUT2D eigenvalue weighted by atomic mass is 35.5. The van der Waals surface area contributed by atoms with Crippen LogP contribution in [0, 0.1) is 5.82 Å². The number of carbonyl (C=O) groups is 3. The average Bonchev–Trinajstić information content (AvgIpc) is 2.99. The van der Waals surface area contributed by atoms with E-state index in [0.717, 1.165) is 32.1 Å². The summed E-state index contributed by atoms with van der Waals surface area (Å²) < 4.78 is 13.8. The van der Waals surface area contributed by atoms with Gasteiger partial charge < -0.3 is 10.6 Å². The second-order valence-electron chi connectivity index (χ2n) is 7.60. The molecule has 1 aliphatic heterocycles. The number of benzene rings is 2. The van der Waals surface area contributed by atoms with E-state index in [0.29, 0.717) is 5.69 Å². The fourth-order valence-corrected chi connectivity index (χ4v) is 4.16. The molecule has 0 atom stereocenters. The maximum Gasteiger partial charge on any atom is 0.279 e. The fourth-order valence-electron chi connectivity index (χ4n) is 3.94. The van der Waals surface area contributed by atoms with E-state index in [1.807, 2.05) is 0 Å². The van der Waals surface area contributed by atoms with Crippen molar-refractivity contribution < 1.29 is 18.8 Å². The minimum Gasteiger partial charge on any atom is -0.350 e. The minimum absolute atomic E-state index is 0.00361. The highest BCUT2D eigenvalue weighted by molar-refractivity contribution is 6.48. The highest BCUT2D eigenvalue weighted by Crippen LogP contribution is 2.32. The summed E-state index contributed by atoms with van der Waals surface area (Å²) in [6, 6.07) is 12.1. The van der Waals surface area contributed by atoms with Crippen LogP contribution in [0.2, 0.25) is 0 Å². The Kier molecular flexibility index (Phi) is 6.04. The third-order valence-electron chi connectivity index (χ3n) is 5.51. The van der Waals surface area contributed by atoms with Crippen molar-refractivity contribution in [3.05, 3.63) is 70.6 Å². The van der Waals surface area contributed by atoms with Gasteiger partial charge >= 0.3 is 0 Å². The molecular formula is C23H21ClFN3O3. The zero-order chi connectivity index (χ0) is 22.0. The summed E-state index contributed by atoms with van der Waals surface area (Å²) in [6.07, 6.45) is 4.60. The first kappa shape index (κ1) is 21.1. The number of amides is 3. The van der Waals surface area contributed by atoms with Gasteiger partial charge in [-0.15, -0.1) is 0 Å². The van der Waals surface area contributed by atoms with Crippen LogP contribution < -0.4 is 10.6 Å². The topological polar surface area (TPSA) is 78.5 Å². The third-order valence-corrected chi connectivity index (χ3v) is 5.87. The van der Waals surface area contributed by atoms with E-state index < -0.39 is 23.5 Å². The normalized spacial score (nSPS) is 17.3. The van der Waals surface area contributed by atoms with Crippen LogP contribution in [-0.4, -0.2) is 28.7 Å². The van der Waals surface area contributed by atoms with Crippen molar-refractivity contribution in [2.75, 3.05) is 10.6 Å². The zero-order valence-electron chi connectivity index (χ0n) is 16.7. The average molecular weight is 442 g/mol. The number of rotatable bonds is 5. The third kappa shape index (κ3) is 4.32. The molecule has 0 spiro atoms. The number of imide groups is 1. The van der Waals surface area contributed by atoms with Crippen molar-refractivity contribution in [2.24, 2.45) is 0 Å². The van der Waals surface area contributed by atoms with Crippen molar-refractivity contribution >= 4 is 40.7 Å². The molecule has 0 unspecified atom stereocenters. The Bertz CT molecular complexity index is 1080. The van der Waals surface area contributed by atoms with Gasteiger partial charge in [-0.05, 0) is 43.2 Å². The van der Waals surface area contributed by atoms with Crippen LogP contribution in [0.15, 0.2) is 59.3 Å². The summed E-state index contributed by atoms with van der Waals surface area (Å²) in [5, 5.41) is 5.25. The first-order valence-corrected chi connectivity index (χ1v) is 10.5. The molecule has 0 aromatic heterocycles. The second kappa shape index (κ2) is 8.89. The lowest BCUT2D eigenvalue weighted by Gasteiger charge is -2.29. The van der Waals surface area contributed by atoms with Gasteiger partial charge in [0.05, 0.1) is 5.69 Å². The molecule has 8 heteroatoms. The molecule has 2 aromatic carbocycles. The molecule has 31 heavy (non-hydrogen) atoms. The van der Waals surface area contributed by atoms with Gasteiger partial charge in [-0.25, -0.2) is 4.39 Å². The van der Waals surface area contributed by atoms with Crippen molar-refractivity contribution in [3.8, 4) is 0 Å². The fraction of sp³-hybridized carbons (Fsp3) is 0.261. The van der Waals surface area contributed by atoms with E-state index in [1.165, 1.54) is 29.2 Å². The van der Waals surface area contributed by atoms with Gasteiger partial charge in [0.2, 0.25) is 0 Å². The summed E-state index contributed by atoms with van der Waals surface area (Å²) in [5.41, 5.74) is 0.743. The van der Waals surface area contributed by atoms with Gasteiger partial charge in [-0.1, -0.05) is 49.1 Å². The molecule has 2 aromatic rings. The monoisotopic (exact) mass is 441 g/mol. The van der Waals surface area contributed by atoms with Gasteiger partial charge in [-0.2, -0.15) is 0 Å². The SMILES string of the molecule is O=C(Nc1ccccc1F)c1cccc(NC2=C(Cl)C(=O)N(C3CCCCC3)C2=O)c1. The molecule has 2 N–H and O–H groups in total. The summed E-state index contributed by atoms with van der Waals surface area (Å²) in [7, 11) is 0. The molecule has 0 radical (unpaired) electrons. The number of carbonyl (C=O) groups excluding carboxylic acids is 3. The number of nitrogens with zero attached hydrogens (tertiary/aromatic N) is 1. The Morgan fingerprint density at radius 3 is 2.48 bits per heavy atom. The number of para-hydroxylation sites is 1. The first-order chi connectivity index (χ1) is 15.0. The minimum atomic E-state index is -0.542. The van der Waals surface area contributed by atoms with E-state index in [-0.39, 0.29) is 28.0 Å². The number of hydrogen-bond donors (Lipinski definition) is 2. The van der Waals surface area contributed by atoms with Crippen molar-refractivity contribution in [2.45, 2.75) is 38.1 Å². The van der Waals surface area contributed by atoms with Crippen LogP contribution in [0.1, 0.15) is 42.5 Å². The lowest BCUT2D eigenvalue weighted by atomic mass is 9.94. The van der Waals surface area contributed by atoms with Crippen LogP contribution in [0.25, 0.3) is 0 Å². The van der Waals surface area contributed by atoms with E-state index in [1.54, 1.807) is 24.3 Å². The van der Waals surface area contributed by atoms with Gasteiger partial charge in [0, 0.05) is 17.3 Å². The Hall–Kier alpha value is -3.19. The van der Waals surface area contributed by atoms with Crippen molar-refractivity contribution in [1.29, 1.82) is 0 Å². The van der Waals surface area contributed by atoms with Crippen molar-refractivity contribution in [1.82, 2.24) is 4.90 Å². The smallest absolute Gasteiger partial charge is 0.279 e. The second-order valence-corrected chi connectivity index (χ2v) is 7.98. The number of anilines is 2. The van der Waals surface area contributed by atoms with Crippen molar-refractivity contribution in [3.63, 3.8) is 0 Å². The van der Waals surface area contributed by atoms with Gasteiger partial charge in [-0.3, -0.25) is 19.3 Å². The molecule has 1 saturated carbocycles. The van der Waals surface area contributed by atoms with Gasteiger partial charge in [0.15, 0.2) is 0 Å². The maximum atomic E-state index is 13.8. The van der Waals surface area contributed by atoms with Crippen LogP contribution in [-0.2, 0) is 9.59 Å². The van der Waals surface area contributed by atoms with Crippen LogP contribution >= 0.6 is 11.6 Å². The summed E-state index contributed by atoms with van der Waals surface area (Å²) >= 11 is 6.20. The Labute approximate surface area is 184 Å². The number of halogens is 2. The van der Waals surface area contributed by atoms with Crippen LogP contribution in [0.4, 0.5) is 15.8 Å². The zero-order valence-corrected chi connectivity index (χ0v) is 17.4. The largest absolute Gasteiger partial charge is 0.350 e. The predicted octanol–water partition coefficient (Wildman–Crippen LogP) is 4.64. The molecule has 1 heterocycles. The quantitative estimate of drug-likeness (QED) is 0.662. The summed E-state index contributed by atoms with van der Waals surface area (Å²) in [5.74, 6) is -2.00. The van der Waals surface area contributed by atoms with Gasteiger partial charge in [0.25, 0.3) is 17.7 Å². The van der Waals surface area contributed by atoms with E-state index in [9.17, 15) is 18.8 Å². The number of nitrogens with one attached hydrogen (secondary N) is 2. The highest BCUT2D eigenvalue weighted by Gasteiger charge is 2.42. The van der Waals surface area contributed by atoms with Crippen LogP contribution in [0.3, 0.4) is 0 Å². The summed E-state index contributed by atoms with van der Waals surface area (Å²) in [6.45, 7) is 0. The maximum absolute atomic E-state index is 13.8. The molecule has 6 nitrogen and oxygen atoms in total. The Morgan fingerprint density at radius 2 is 1.74 bits per heavy atom. The van der Waals surface area contributed by atoms with E-state index >= 15 is 0 Å². The van der Waals surface area contributed by atoms with E-state index in [2.05, 4.69) is 10.6 Å². The molecule has 1 fully saturated rings. The Morgan fingerprint density at radius 1 is 1.00 bits per heavy atom. The molecular weight excluding hydrogens is 421 g/mol. The first-order valence-electron chi connectivity index (χ1n) is 10.2. The van der Waals surface area contributed by atoms with Crippen LogP contribution in [0.5, 0.6) is 0 Å². The standard InChI is InChI=1S/C23H21ClFN3O3/c24-19-20(23(31)28(22(19)30)16-9-2-1-3-10-16)26-15-8-6-7-14(13-15)21(29)27-18-12-5-4-11-17(18)25/h4-8,11-13,16,26H,1-3,9-10H2,(H,27,29). The lowest BCUT2D eigenvalue weighted by Crippen LogP contribution is -2.42. The molecule has 160 valence electrons. The van der Waals surface area contributed by atoms with Gasteiger partial charge in [0.1, 0.15) is 16.5 Å². The predicted molar refractivity (Wildman–Crippen MR) is 116 cm³/mol. The number of hydrogen-bond acceptors (Lipinski definition) is 4. The lowest BCUT2D eigenvalue weighted by molar-refractivity contribution is -0.140. The molecule has 0 saturated heterocycles. The molecule has 4 rings (SSSR count). The molecule has 0 bridgehead atoms. The molecule has 1 aliphatic carbocycles. The van der Waals surface area contributed by atoms with E-state index in [4.69, 9.17) is 11.6 Å². The summed E-state index contributed by atoms with van der Waals surface area (Å²) in [4.78, 5) is 39.3.